The van der Waals surface area contributed by atoms with Crippen molar-refractivity contribution in [2.75, 3.05) is 63.9 Å². The van der Waals surface area contributed by atoms with E-state index in [4.69, 9.17) is 28.4 Å². The van der Waals surface area contributed by atoms with Gasteiger partial charge >= 0.3 is 31.3 Å². The van der Waals surface area contributed by atoms with E-state index in [9.17, 15) is 62.4 Å². The third-order valence-corrected chi connectivity index (χ3v) is 17.4. The molecular weight excluding hydrogens is 1090 g/mol. The van der Waals surface area contributed by atoms with Gasteiger partial charge in [0.15, 0.2) is 23.0 Å². The topological polar surface area (TPSA) is 223 Å². The van der Waals surface area contributed by atoms with Crippen molar-refractivity contribution in [1.29, 1.82) is 0 Å². The van der Waals surface area contributed by atoms with Crippen LogP contribution >= 0.6 is 0 Å². The van der Waals surface area contributed by atoms with Crippen LogP contribution in [0.1, 0.15) is 52.8 Å². The second kappa shape index (κ2) is 22.6. The fraction of sp³-hybridized carbons (Fsp3) is 0.556. The van der Waals surface area contributed by atoms with Gasteiger partial charge in [-0.1, -0.05) is 39.3 Å². The molecule has 4 amide bonds. The molecule has 0 bridgehead atoms. The lowest BCUT2D eigenvalue weighted by atomic mass is 10.1. The normalized spacial score (nSPS) is 18.4. The molecule has 0 unspecified atom stereocenters. The van der Waals surface area contributed by atoms with Crippen LogP contribution < -0.4 is 28.7 Å². The van der Waals surface area contributed by atoms with Gasteiger partial charge in [0, 0.05) is 66.7 Å². The molecule has 0 radical (unpaired) electrons. The maximum Gasteiger partial charge on any atom is 0.534 e. The molecule has 2 aromatic carbocycles. The van der Waals surface area contributed by atoms with E-state index in [-0.39, 0.29) is 85.4 Å². The highest BCUT2D eigenvalue weighted by Crippen LogP contribution is 2.44. The first kappa shape index (κ1) is 58.7. The maximum atomic E-state index is 14.2. The van der Waals surface area contributed by atoms with Gasteiger partial charge in [0.25, 0.3) is 23.6 Å². The third-order valence-electron chi connectivity index (χ3n) is 11.9. The number of amides is 4. The molecule has 30 heteroatoms. The Hall–Kier alpha value is -5.57. The van der Waals surface area contributed by atoms with Crippen molar-refractivity contribution < 1.29 is 99.1 Å². The van der Waals surface area contributed by atoms with E-state index in [0.717, 1.165) is 32.0 Å². The third kappa shape index (κ3) is 13.7. The summed E-state index contributed by atoms with van der Waals surface area (Å²) in [6, 6.07) is 3.82. The first-order chi connectivity index (χ1) is 34.8. The number of anilines is 2. The van der Waals surface area contributed by atoms with Crippen molar-refractivity contribution in [1.82, 2.24) is 9.80 Å². The van der Waals surface area contributed by atoms with Crippen LogP contribution in [0.4, 0.5) is 37.7 Å². The molecule has 4 aliphatic rings. The van der Waals surface area contributed by atoms with Crippen molar-refractivity contribution in [3.63, 3.8) is 0 Å². The average Bonchev–Trinajstić information content (AvgIpc) is 3.89. The Bertz CT molecular complexity index is 2630. The second-order valence-electron chi connectivity index (χ2n) is 20.0. The summed E-state index contributed by atoms with van der Waals surface area (Å²) in [4.78, 5) is 60.2. The minimum atomic E-state index is -6.11. The number of carbonyl (C=O) groups is 4. The summed E-state index contributed by atoms with van der Waals surface area (Å²) in [5.74, 6) is -4.52. The van der Waals surface area contributed by atoms with E-state index >= 15 is 0 Å². The average molecular weight is 1150 g/mol. The summed E-state index contributed by atoms with van der Waals surface area (Å²) in [7, 11) is -12.9. The summed E-state index contributed by atoms with van der Waals surface area (Å²) in [6.07, 6.45) is 1.47. The number of halogens is 6. The van der Waals surface area contributed by atoms with Crippen LogP contribution in [0, 0.1) is 0 Å². The molecule has 0 fully saturated rings. The number of rotatable bonds is 24. The Kier molecular flexibility index (Phi) is 17.7. The summed E-state index contributed by atoms with van der Waals surface area (Å²) in [5.41, 5.74) is -11.7. The lowest BCUT2D eigenvalue weighted by molar-refractivity contribution is -0.123. The number of alkyl halides is 6. The number of hydrogen-bond donors (Lipinski definition) is 0. The number of hydrogen-bond acceptors (Lipinski definition) is 16. The Labute approximate surface area is 431 Å². The molecule has 0 aromatic heterocycles. The van der Waals surface area contributed by atoms with Crippen LogP contribution in [-0.4, -0.2) is 144 Å². The van der Waals surface area contributed by atoms with E-state index < -0.39 is 107 Å². The summed E-state index contributed by atoms with van der Waals surface area (Å²) in [5, 5.41) is 0. The number of carbonyl (C=O) groups excluding carboxylic acids is 4. The zero-order valence-electron chi connectivity index (χ0n) is 42.2. The first-order valence-electron chi connectivity index (χ1n) is 23.3. The zero-order chi connectivity index (χ0) is 55.6. The van der Waals surface area contributed by atoms with Gasteiger partial charge in [-0.2, -0.15) is 43.2 Å². The fourth-order valence-corrected chi connectivity index (χ4v) is 10.3. The Balaban J connectivity index is 1.16. The van der Waals surface area contributed by atoms with Crippen molar-refractivity contribution in [2.24, 2.45) is 0 Å². The standard InChI is InChI=1S/C45H58F6N4O16S2Si2/c1-64-36-20-30-32(54(26-66-14-16-74(3,4)5)42(58)34-18-28(24-52(34)40(30)56)70-72(60,61)44(46,47)48)22-38(36)68-12-10-9-11-13-69-39-23-33-31(21-37(39)65-2)41(57)53-25-29(71-73(62,63)45(49,50)51)19-35(53)43(59)55(33)27-67-15-17-75(6,7)8/h20-25,34-35H,9-19,26-27H2,1-8H3/t34-,35-/m0/s1. The van der Waals surface area contributed by atoms with Crippen molar-refractivity contribution in [2.45, 2.75) is 107 Å². The molecule has 2 atom stereocenters. The van der Waals surface area contributed by atoms with Gasteiger partial charge in [0.05, 0.1) is 49.9 Å². The van der Waals surface area contributed by atoms with Gasteiger partial charge in [-0.05, 0) is 43.5 Å². The molecule has 0 N–H and O–H groups in total. The number of unbranched alkanes of at least 4 members (excludes halogenated alkanes) is 2. The van der Waals surface area contributed by atoms with Gasteiger partial charge in [-0.15, -0.1) is 0 Å². The highest BCUT2D eigenvalue weighted by molar-refractivity contribution is 7.88. The molecule has 0 aliphatic carbocycles. The van der Waals surface area contributed by atoms with Crippen molar-refractivity contribution in [3.05, 3.63) is 59.3 Å². The van der Waals surface area contributed by atoms with Crippen LogP contribution in [0.5, 0.6) is 23.0 Å². The van der Waals surface area contributed by atoms with Crippen LogP contribution in [0.25, 0.3) is 0 Å². The molecular formula is C45H58F6N4O16S2Si2. The second-order valence-corrected chi connectivity index (χ2v) is 34.4. The van der Waals surface area contributed by atoms with Gasteiger partial charge < -0.3 is 36.8 Å². The number of fused-ring (bicyclic) bond motifs is 4. The largest absolute Gasteiger partial charge is 0.534 e. The number of methoxy groups -OCH3 is 2. The predicted molar refractivity (Wildman–Crippen MR) is 261 cm³/mol. The van der Waals surface area contributed by atoms with E-state index in [0.29, 0.717) is 31.4 Å². The number of nitrogens with zero attached hydrogens (tertiary/aromatic N) is 4. The Morgan fingerprint density at radius 3 is 1.23 bits per heavy atom. The number of benzene rings is 2. The van der Waals surface area contributed by atoms with E-state index in [1.165, 1.54) is 38.5 Å². The number of ether oxygens (including phenoxy) is 6. The molecule has 2 aromatic rings. The minimum absolute atomic E-state index is 0.0391. The molecule has 416 valence electrons. The molecule has 20 nitrogen and oxygen atoms in total. The molecule has 4 heterocycles. The lowest BCUT2D eigenvalue weighted by Crippen LogP contribution is -2.45. The van der Waals surface area contributed by atoms with Crippen LogP contribution in [-0.2, 0) is 47.7 Å². The van der Waals surface area contributed by atoms with Crippen LogP contribution in [0.15, 0.2) is 48.2 Å². The molecule has 75 heavy (non-hydrogen) atoms. The van der Waals surface area contributed by atoms with Crippen molar-refractivity contribution in [3.8, 4) is 23.0 Å². The minimum Gasteiger partial charge on any atom is -0.493 e. The smallest absolute Gasteiger partial charge is 0.493 e. The monoisotopic (exact) mass is 1140 g/mol. The lowest BCUT2D eigenvalue weighted by Gasteiger charge is -2.26. The first-order valence-corrected chi connectivity index (χ1v) is 33.6. The highest BCUT2D eigenvalue weighted by atomic mass is 32.2. The van der Waals surface area contributed by atoms with Crippen molar-refractivity contribution >= 4 is 71.4 Å². The fourth-order valence-electron chi connectivity index (χ4n) is 7.86. The zero-order valence-corrected chi connectivity index (χ0v) is 45.8. The van der Waals surface area contributed by atoms with Gasteiger partial charge in [0.2, 0.25) is 0 Å². The molecule has 4 aliphatic heterocycles. The summed E-state index contributed by atoms with van der Waals surface area (Å²) >= 11 is 0. The van der Waals surface area contributed by atoms with Gasteiger partial charge in [0.1, 0.15) is 37.1 Å². The molecule has 0 spiro atoms. The molecule has 6 rings (SSSR count). The predicted octanol–water partition coefficient (Wildman–Crippen LogP) is 7.49. The van der Waals surface area contributed by atoms with E-state index in [2.05, 4.69) is 47.6 Å². The van der Waals surface area contributed by atoms with Gasteiger partial charge in [-0.3, -0.25) is 38.8 Å². The van der Waals surface area contributed by atoms with Gasteiger partial charge in [-0.25, -0.2) is 0 Å². The SMILES string of the molecule is COc1cc2c(cc1OCCCCCOc1cc3c(cc1OC)C(=O)N1C=C(OS(=O)(=O)C(F)(F)F)C[C@H]1C(=O)N3COCC[Si](C)(C)C)N(COCC[Si](C)(C)C)C(=O)[C@@H]1CC(OS(=O)(=O)C(F)(F)F)=CN1C2=O. The van der Waals surface area contributed by atoms with Crippen LogP contribution in [0.2, 0.25) is 51.4 Å². The van der Waals surface area contributed by atoms with Crippen LogP contribution in [0.3, 0.4) is 0 Å². The van der Waals surface area contributed by atoms with E-state index in [1.54, 1.807) is 0 Å². The molecule has 0 saturated heterocycles. The maximum absolute atomic E-state index is 14.2. The highest BCUT2D eigenvalue weighted by Gasteiger charge is 2.53. The Morgan fingerprint density at radius 2 is 0.907 bits per heavy atom. The quantitative estimate of drug-likeness (QED) is 0.0326. The van der Waals surface area contributed by atoms with E-state index in [1.807, 2.05) is 0 Å². The Morgan fingerprint density at radius 1 is 0.547 bits per heavy atom. The summed E-state index contributed by atoms with van der Waals surface area (Å²) < 4.78 is 170. The summed E-state index contributed by atoms with van der Waals surface area (Å²) in [6.45, 7) is 12.6. The molecule has 0 saturated carbocycles.